The van der Waals surface area contributed by atoms with Gasteiger partial charge in [0.1, 0.15) is 5.54 Å². The van der Waals surface area contributed by atoms with Crippen molar-refractivity contribution in [3.8, 4) is 0 Å². The van der Waals surface area contributed by atoms with E-state index in [0.29, 0.717) is 11.6 Å². The van der Waals surface area contributed by atoms with E-state index in [1.54, 1.807) is 36.1 Å². The van der Waals surface area contributed by atoms with Crippen LogP contribution in [0.3, 0.4) is 0 Å². The summed E-state index contributed by atoms with van der Waals surface area (Å²) in [5.74, 6) is -2.74. The summed E-state index contributed by atoms with van der Waals surface area (Å²) in [5, 5.41) is 2.74. The van der Waals surface area contributed by atoms with Gasteiger partial charge in [0.2, 0.25) is 10.0 Å². The number of imide groups is 1. The maximum atomic E-state index is 13.5. The van der Waals surface area contributed by atoms with E-state index < -0.39 is 33.2 Å². The molecule has 0 bridgehead atoms. The molecule has 2 aliphatic heterocycles. The molecule has 2 aromatic carbocycles. The SMILES string of the molecule is C[C@]1(c2ccccc2)NC(=O)N(CN2CCN(S(=O)(=O)c3ccc(F)c(F)c3)CC2)C1=O. The molecule has 2 heterocycles. The summed E-state index contributed by atoms with van der Waals surface area (Å²) in [7, 11) is -3.99. The van der Waals surface area contributed by atoms with Crippen LogP contribution >= 0.6 is 0 Å². The highest BCUT2D eigenvalue weighted by Gasteiger charge is 2.49. The molecule has 8 nitrogen and oxygen atoms in total. The Labute approximate surface area is 184 Å². The lowest BCUT2D eigenvalue weighted by atomic mass is 9.92. The fourth-order valence-electron chi connectivity index (χ4n) is 3.89. The summed E-state index contributed by atoms with van der Waals surface area (Å²) in [6.45, 7) is 2.37. The number of hydrogen-bond acceptors (Lipinski definition) is 5. The molecule has 0 aromatic heterocycles. The second-order valence-corrected chi connectivity index (χ2v) is 9.83. The van der Waals surface area contributed by atoms with Gasteiger partial charge in [0.25, 0.3) is 5.91 Å². The molecule has 3 amide bonds. The molecule has 4 rings (SSSR count). The number of halogens is 2. The van der Waals surface area contributed by atoms with Crippen molar-refractivity contribution in [3.63, 3.8) is 0 Å². The molecule has 11 heteroatoms. The first-order valence-electron chi connectivity index (χ1n) is 10.00. The van der Waals surface area contributed by atoms with E-state index in [2.05, 4.69) is 5.32 Å². The van der Waals surface area contributed by atoms with Crippen LogP contribution in [0.15, 0.2) is 53.4 Å². The van der Waals surface area contributed by atoms with Gasteiger partial charge in [0, 0.05) is 26.2 Å². The van der Waals surface area contributed by atoms with Crippen LogP contribution in [0.25, 0.3) is 0 Å². The first-order chi connectivity index (χ1) is 15.1. The number of rotatable bonds is 5. The number of nitrogens with zero attached hydrogens (tertiary/aromatic N) is 3. The van der Waals surface area contributed by atoms with Crippen molar-refractivity contribution in [2.75, 3.05) is 32.8 Å². The minimum atomic E-state index is -3.99. The fraction of sp³-hybridized carbons (Fsp3) is 0.333. The zero-order valence-electron chi connectivity index (χ0n) is 17.3. The summed E-state index contributed by atoms with van der Waals surface area (Å²) in [4.78, 5) is 28.1. The van der Waals surface area contributed by atoms with Gasteiger partial charge in [0.05, 0.1) is 11.6 Å². The van der Waals surface area contributed by atoms with Gasteiger partial charge in [-0.25, -0.2) is 26.9 Å². The number of urea groups is 1. The molecular formula is C21H22F2N4O4S. The third-order valence-electron chi connectivity index (χ3n) is 5.83. The second-order valence-electron chi connectivity index (χ2n) is 7.89. The van der Waals surface area contributed by atoms with E-state index in [4.69, 9.17) is 0 Å². The van der Waals surface area contributed by atoms with Crippen molar-refractivity contribution < 1.29 is 26.8 Å². The van der Waals surface area contributed by atoms with Gasteiger partial charge in [0.15, 0.2) is 11.6 Å². The highest BCUT2D eigenvalue weighted by molar-refractivity contribution is 7.89. The number of sulfonamides is 1. The number of carbonyl (C=O) groups excluding carboxylic acids is 2. The Balaban J connectivity index is 1.41. The Morgan fingerprint density at radius 1 is 0.969 bits per heavy atom. The van der Waals surface area contributed by atoms with Crippen molar-refractivity contribution >= 4 is 22.0 Å². The lowest BCUT2D eigenvalue weighted by Gasteiger charge is -2.35. The first-order valence-corrected chi connectivity index (χ1v) is 11.4. The molecule has 2 aliphatic rings. The Hall–Kier alpha value is -2.89. The molecule has 2 fully saturated rings. The normalized spacial score (nSPS) is 22.9. The average molecular weight is 464 g/mol. The Morgan fingerprint density at radius 2 is 1.62 bits per heavy atom. The van der Waals surface area contributed by atoms with Crippen LogP contribution < -0.4 is 5.32 Å². The van der Waals surface area contributed by atoms with Crippen LogP contribution in [0, 0.1) is 11.6 Å². The molecule has 1 atom stereocenters. The summed E-state index contributed by atoms with van der Waals surface area (Å²) in [6, 6.07) is 10.9. The summed E-state index contributed by atoms with van der Waals surface area (Å²) in [6.07, 6.45) is 0. The van der Waals surface area contributed by atoms with Crippen LogP contribution in [0.4, 0.5) is 13.6 Å². The second kappa shape index (κ2) is 8.23. The van der Waals surface area contributed by atoms with E-state index in [0.717, 1.165) is 17.0 Å². The van der Waals surface area contributed by atoms with Crippen LogP contribution in [0.2, 0.25) is 0 Å². The third-order valence-corrected chi connectivity index (χ3v) is 7.72. The van der Waals surface area contributed by atoms with Gasteiger partial charge in [-0.05, 0) is 30.7 Å². The average Bonchev–Trinajstić information content (AvgIpc) is 3.00. The van der Waals surface area contributed by atoms with Gasteiger partial charge < -0.3 is 5.32 Å². The topological polar surface area (TPSA) is 90.0 Å². The molecule has 170 valence electrons. The largest absolute Gasteiger partial charge is 0.326 e. The molecule has 0 unspecified atom stereocenters. The van der Waals surface area contributed by atoms with Crippen LogP contribution in [0.5, 0.6) is 0 Å². The summed E-state index contributed by atoms with van der Waals surface area (Å²) < 4.78 is 53.3. The van der Waals surface area contributed by atoms with Crippen LogP contribution in [-0.2, 0) is 20.4 Å². The number of nitrogens with one attached hydrogen (secondary N) is 1. The van der Waals surface area contributed by atoms with Crippen molar-refractivity contribution in [2.24, 2.45) is 0 Å². The Morgan fingerprint density at radius 3 is 2.25 bits per heavy atom. The zero-order chi connectivity index (χ0) is 23.1. The van der Waals surface area contributed by atoms with E-state index in [1.807, 2.05) is 6.07 Å². The van der Waals surface area contributed by atoms with Gasteiger partial charge in [-0.15, -0.1) is 0 Å². The van der Waals surface area contributed by atoms with Gasteiger partial charge in [-0.1, -0.05) is 30.3 Å². The first kappa shape index (κ1) is 22.3. The molecule has 0 aliphatic carbocycles. The Kier molecular flexibility index (Phi) is 5.74. The molecule has 32 heavy (non-hydrogen) atoms. The van der Waals surface area contributed by atoms with Crippen LogP contribution in [-0.4, -0.2) is 67.3 Å². The van der Waals surface area contributed by atoms with Gasteiger partial charge in [-0.3, -0.25) is 9.69 Å². The van der Waals surface area contributed by atoms with E-state index in [9.17, 15) is 26.8 Å². The summed E-state index contributed by atoms with van der Waals surface area (Å²) >= 11 is 0. The number of piperazine rings is 1. The molecular weight excluding hydrogens is 442 g/mol. The molecule has 0 saturated carbocycles. The van der Waals surface area contributed by atoms with Crippen molar-refractivity contribution in [3.05, 3.63) is 65.7 Å². The third kappa shape index (κ3) is 3.87. The molecule has 0 spiro atoms. The number of hydrogen-bond donors (Lipinski definition) is 1. The lowest BCUT2D eigenvalue weighted by molar-refractivity contribution is -0.132. The zero-order valence-corrected chi connectivity index (χ0v) is 18.1. The predicted molar refractivity (Wildman–Crippen MR) is 111 cm³/mol. The van der Waals surface area contributed by atoms with E-state index in [1.165, 1.54) is 4.31 Å². The predicted octanol–water partition coefficient (Wildman–Crippen LogP) is 1.70. The van der Waals surface area contributed by atoms with Crippen molar-refractivity contribution in [1.29, 1.82) is 0 Å². The minimum absolute atomic E-state index is 0.0200. The van der Waals surface area contributed by atoms with Crippen molar-refractivity contribution in [2.45, 2.75) is 17.4 Å². The van der Waals surface area contributed by atoms with Crippen molar-refractivity contribution in [1.82, 2.24) is 19.4 Å². The van der Waals surface area contributed by atoms with E-state index >= 15 is 0 Å². The molecule has 2 aromatic rings. The fourth-order valence-corrected chi connectivity index (χ4v) is 5.32. The van der Waals surface area contributed by atoms with E-state index in [-0.39, 0.29) is 43.7 Å². The standard InChI is InChI=1S/C21H22F2N4O4S/c1-21(15-5-3-2-4-6-15)19(28)27(20(29)24-21)14-25-9-11-26(12-10-25)32(30,31)16-7-8-17(22)18(23)13-16/h2-8,13H,9-12,14H2,1H3,(H,24,29)/t21-/m1/s1. The quantitative estimate of drug-likeness (QED) is 0.681. The lowest BCUT2D eigenvalue weighted by Crippen LogP contribution is -2.52. The number of carbonyl (C=O) groups is 2. The number of benzene rings is 2. The number of amides is 3. The van der Waals surface area contributed by atoms with Gasteiger partial charge >= 0.3 is 6.03 Å². The maximum absolute atomic E-state index is 13.5. The molecule has 0 radical (unpaired) electrons. The Bertz CT molecular complexity index is 1150. The highest BCUT2D eigenvalue weighted by Crippen LogP contribution is 2.29. The minimum Gasteiger partial charge on any atom is -0.319 e. The van der Waals surface area contributed by atoms with Crippen LogP contribution in [0.1, 0.15) is 12.5 Å². The monoisotopic (exact) mass is 464 g/mol. The molecule has 1 N–H and O–H groups in total. The maximum Gasteiger partial charge on any atom is 0.326 e. The van der Waals surface area contributed by atoms with Gasteiger partial charge in [-0.2, -0.15) is 4.31 Å². The highest BCUT2D eigenvalue weighted by atomic mass is 32.2. The molecule has 2 saturated heterocycles. The summed E-state index contributed by atoms with van der Waals surface area (Å²) in [5.41, 5.74) is -0.501. The smallest absolute Gasteiger partial charge is 0.319 e.